The van der Waals surface area contributed by atoms with Crippen LogP contribution in [-0.2, 0) is 13.1 Å². The number of rotatable bonds is 5. The molecule has 1 fully saturated rings. The van der Waals surface area contributed by atoms with E-state index < -0.39 is 0 Å². The van der Waals surface area contributed by atoms with Crippen LogP contribution in [0, 0.1) is 0 Å². The summed E-state index contributed by atoms with van der Waals surface area (Å²) in [5.74, 6) is 2.58. The van der Waals surface area contributed by atoms with Gasteiger partial charge in [-0.1, -0.05) is 6.07 Å². The second-order valence-electron chi connectivity index (χ2n) is 7.56. The van der Waals surface area contributed by atoms with Crippen LogP contribution in [-0.4, -0.2) is 56.2 Å². The van der Waals surface area contributed by atoms with Crippen molar-refractivity contribution in [2.45, 2.75) is 25.9 Å². The number of nitrogens with zero attached hydrogens (tertiary/aromatic N) is 2. The standard InChI is InChI=1S/C23H28N2O4/c1-27-20-7-5-18(22(14-20)28-2)15-24-11-12-29-21-8-6-17(13-19(21)16-24)23(26)25-9-3-4-10-25/h5-8,13-14H,3-4,9-12,15-16H2,1-2H3. The molecule has 0 aromatic heterocycles. The molecule has 154 valence electrons. The smallest absolute Gasteiger partial charge is 0.253 e. The highest BCUT2D eigenvalue weighted by atomic mass is 16.5. The van der Waals surface area contributed by atoms with E-state index in [0.29, 0.717) is 6.61 Å². The monoisotopic (exact) mass is 396 g/mol. The summed E-state index contributed by atoms with van der Waals surface area (Å²) in [4.78, 5) is 17.0. The third kappa shape index (κ3) is 4.32. The molecule has 0 bridgehead atoms. The van der Waals surface area contributed by atoms with Crippen LogP contribution in [0.5, 0.6) is 17.2 Å². The van der Waals surface area contributed by atoms with Crippen LogP contribution in [0.3, 0.4) is 0 Å². The van der Waals surface area contributed by atoms with Crippen LogP contribution in [0.4, 0.5) is 0 Å². The van der Waals surface area contributed by atoms with Crippen LogP contribution in [0.15, 0.2) is 36.4 Å². The van der Waals surface area contributed by atoms with Gasteiger partial charge in [0.15, 0.2) is 0 Å². The summed E-state index contributed by atoms with van der Waals surface area (Å²) < 4.78 is 16.8. The number of likely N-dealkylation sites (tertiary alicyclic amines) is 1. The average molecular weight is 396 g/mol. The highest BCUT2D eigenvalue weighted by Gasteiger charge is 2.22. The molecule has 1 amide bonds. The van der Waals surface area contributed by atoms with Crippen molar-refractivity contribution < 1.29 is 19.0 Å². The van der Waals surface area contributed by atoms with E-state index in [4.69, 9.17) is 14.2 Å². The SMILES string of the molecule is COc1ccc(CN2CCOc3ccc(C(=O)N4CCCC4)cc3C2)c(OC)c1. The molecule has 0 spiro atoms. The van der Waals surface area contributed by atoms with E-state index in [1.165, 1.54) is 0 Å². The maximum absolute atomic E-state index is 12.8. The van der Waals surface area contributed by atoms with Gasteiger partial charge in [-0.3, -0.25) is 9.69 Å². The number of carbonyl (C=O) groups is 1. The first-order valence-corrected chi connectivity index (χ1v) is 10.2. The van der Waals surface area contributed by atoms with E-state index in [1.54, 1.807) is 14.2 Å². The summed E-state index contributed by atoms with van der Waals surface area (Å²) in [5.41, 5.74) is 2.90. The maximum atomic E-state index is 12.8. The van der Waals surface area contributed by atoms with E-state index in [1.807, 2.05) is 41.3 Å². The highest BCUT2D eigenvalue weighted by molar-refractivity contribution is 5.94. The minimum absolute atomic E-state index is 0.123. The zero-order valence-electron chi connectivity index (χ0n) is 17.1. The molecular weight excluding hydrogens is 368 g/mol. The Kier molecular flexibility index (Phi) is 5.90. The van der Waals surface area contributed by atoms with Gasteiger partial charge >= 0.3 is 0 Å². The molecule has 2 aromatic rings. The maximum Gasteiger partial charge on any atom is 0.253 e. The quantitative estimate of drug-likeness (QED) is 0.776. The summed E-state index contributed by atoms with van der Waals surface area (Å²) in [6.45, 7) is 4.60. The lowest BCUT2D eigenvalue weighted by atomic mass is 10.1. The van der Waals surface area contributed by atoms with Gasteiger partial charge in [0.05, 0.1) is 14.2 Å². The van der Waals surface area contributed by atoms with Crippen LogP contribution >= 0.6 is 0 Å². The molecule has 6 heteroatoms. The number of fused-ring (bicyclic) bond motifs is 1. The van der Waals surface area contributed by atoms with Crippen molar-refractivity contribution in [3.05, 3.63) is 53.1 Å². The summed E-state index contributed by atoms with van der Waals surface area (Å²) in [6.07, 6.45) is 2.19. The van der Waals surface area contributed by atoms with E-state index in [9.17, 15) is 4.79 Å². The molecule has 2 aliphatic rings. The number of benzene rings is 2. The van der Waals surface area contributed by atoms with Gasteiger partial charge in [0, 0.05) is 55.5 Å². The summed E-state index contributed by atoms with van der Waals surface area (Å²) in [7, 11) is 3.33. The summed E-state index contributed by atoms with van der Waals surface area (Å²) >= 11 is 0. The van der Waals surface area contributed by atoms with E-state index in [2.05, 4.69) is 4.90 Å². The van der Waals surface area contributed by atoms with E-state index in [0.717, 1.165) is 79.5 Å². The molecule has 2 aromatic carbocycles. The highest BCUT2D eigenvalue weighted by Crippen LogP contribution is 2.29. The first-order valence-electron chi connectivity index (χ1n) is 10.2. The predicted octanol–water partition coefficient (Wildman–Crippen LogP) is 3.33. The van der Waals surface area contributed by atoms with Gasteiger partial charge in [0.2, 0.25) is 0 Å². The van der Waals surface area contributed by atoms with Gasteiger partial charge in [-0.2, -0.15) is 0 Å². The number of methoxy groups -OCH3 is 2. The molecule has 0 saturated carbocycles. The fourth-order valence-electron chi connectivity index (χ4n) is 4.04. The average Bonchev–Trinajstić information content (AvgIpc) is 3.21. The Morgan fingerprint density at radius 1 is 1.03 bits per heavy atom. The molecule has 0 unspecified atom stereocenters. The topological polar surface area (TPSA) is 51.2 Å². The number of hydrogen-bond donors (Lipinski definition) is 0. The van der Waals surface area contributed by atoms with Crippen molar-refractivity contribution >= 4 is 5.91 Å². The lowest BCUT2D eigenvalue weighted by Crippen LogP contribution is -2.28. The molecule has 6 nitrogen and oxygen atoms in total. The minimum Gasteiger partial charge on any atom is -0.497 e. The number of hydrogen-bond acceptors (Lipinski definition) is 5. The lowest BCUT2D eigenvalue weighted by Gasteiger charge is -2.21. The Morgan fingerprint density at radius 2 is 1.86 bits per heavy atom. The number of carbonyl (C=O) groups excluding carboxylic acids is 1. The van der Waals surface area contributed by atoms with Gasteiger partial charge < -0.3 is 19.1 Å². The Hall–Kier alpha value is -2.73. The Morgan fingerprint density at radius 3 is 2.62 bits per heavy atom. The third-order valence-corrected chi connectivity index (χ3v) is 5.65. The third-order valence-electron chi connectivity index (χ3n) is 5.65. The summed E-state index contributed by atoms with van der Waals surface area (Å²) in [6, 6.07) is 11.7. The molecule has 0 atom stereocenters. The second kappa shape index (κ2) is 8.74. The van der Waals surface area contributed by atoms with Gasteiger partial charge in [-0.05, 0) is 37.1 Å². The van der Waals surface area contributed by atoms with Gasteiger partial charge in [-0.15, -0.1) is 0 Å². The fourth-order valence-corrected chi connectivity index (χ4v) is 4.04. The van der Waals surface area contributed by atoms with Crippen molar-refractivity contribution in [1.29, 1.82) is 0 Å². The van der Waals surface area contributed by atoms with Crippen molar-refractivity contribution in [3.8, 4) is 17.2 Å². The van der Waals surface area contributed by atoms with Crippen LogP contribution in [0.25, 0.3) is 0 Å². The van der Waals surface area contributed by atoms with Crippen LogP contribution < -0.4 is 14.2 Å². The zero-order valence-corrected chi connectivity index (χ0v) is 17.1. The number of amides is 1. The van der Waals surface area contributed by atoms with Crippen molar-refractivity contribution in [1.82, 2.24) is 9.80 Å². The molecule has 0 aliphatic carbocycles. The van der Waals surface area contributed by atoms with Crippen LogP contribution in [0.2, 0.25) is 0 Å². The fraction of sp³-hybridized carbons (Fsp3) is 0.435. The lowest BCUT2D eigenvalue weighted by molar-refractivity contribution is 0.0792. The first-order chi connectivity index (χ1) is 14.2. The van der Waals surface area contributed by atoms with Crippen LogP contribution in [0.1, 0.15) is 34.3 Å². The Balaban J connectivity index is 1.53. The van der Waals surface area contributed by atoms with E-state index >= 15 is 0 Å². The Bertz CT molecular complexity index is 877. The first kappa shape index (κ1) is 19.6. The molecule has 2 heterocycles. The molecule has 2 aliphatic heterocycles. The zero-order chi connectivity index (χ0) is 20.2. The molecular formula is C23H28N2O4. The molecule has 29 heavy (non-hydrogen) atoms. The molecule has 1 saturated heterocycles. The van der Waals surface area contributed by atoms with Crippen molar-refractivity contribution in [2.75, 3.05) is 40.5 Å². The largest absolute Gasteiger partial charge is 0.497 e. The summed E-state index contributed by atoms with van der Waals surface area (Å²) in [5, 5.41) is 0. The van der Waals surface area contributed by atoms with E-state index in [-0.39, 0.29) is 5.91 Å². The predicted molar refractivity (Wildman–Crippen MR) is 111 cm³/mol. The van der Waals surface area contributed by atoms with Gasteiger partial charge in [-0.25, -0.2) is 0 Å². The van der Waals surface area contributed by atoms with Crippen molar-refractivity contribution in [3.63, 3.8) is 0 Å². The number of ether oxygens (including phenoxy) is 3. The van der Waals surface area contributed by atoms with Gasteiger partial charge in [0.25, 0.3) is 5.91 Å². The molecule has 4 rings (SSSR count). The molecule has 0 radical (unpaired) electrons. The normalized spacial score (nSPS) is 16.7. The minimum atomic E-state index is 0.123. The Labute approximate surface area is 172 Å². The van der Waals surface area contributed by atoms with Crippen molar-refractivity contribution in [2.24, 2.45) is 0 Å². The molecule has 0 N–H and O–H groups in total. The van der Waals surface area contributed by atoms with Gasteiger partial charge in [0.1, 0.15) is 23.9 Å². The second-order valence-corrected chi connectivity index (χ2v) is 7.56.